The molecule has 0 aliphatic rings. The molecule has 2 N–H and O–H groups in total. The van der Waals surface area contributed by atoms with Gasteiger partial charge in [-0.1, -0.05) is 50.2 Å². The normalized spacial score (nSPS) is 14.8. The molecule has 0 fully saturated rings. The number of hydrogen-bond donors (Lipinski definition) is 1. The van der Waals surface area contributed by atoms with Gasteiger partial charge in [0.1, 0.15) is 0 Å². The van der Waals surface area contributed by atoms with Crippen molar-refractivity contribution in [3.63, 3.8) is 0 Å². The van der Waals surface area contributed by atoms with Crippen molar-refractivity contribution in [3.05, 3.63) is 48.0 Å². The topological polar surface area (TPSA) is 29.3 Å². The van der Waals surface area contributed by atoms with Gasteiger partial charge in [0.25, 0.3) is 0 Å². The number of nitrogens with zero attached hydrogens (tertiary/aromatic N) is 1. The number of fused-ring (bicyclic) bond motifs is 1. The Kier molecular flexibility index (Phi) is 5.38. The molecule has 21 heavy (non-hydrogen) atoms. The molecule has 0 aromatic heterocycles. The number of nitrogens with two attached hydrogens (primary N) is 1. The fourth-order valence-corrected chi connectivity index (χ4v) is 2.90. The first-order valence-corrected chi connectivity index (χ1v) is 7.92. The largest absolute Gasteiger partial charge is 0.323 e. The van der Waals surface area contributed by atoms with Crippen molar-refractivity contribution < 1.29 is 0 Å². The van der Waals surface area contributed by atoms with Gasteiger partial charge in [0.15, 0.2) is 0 Å². The molecule has 0 spiro atoms. The molecule has 2 nitrogen and oxygen atoms in total. The molecule has 2 heteroatoms. The lowest BCUT2D eigenvalue weighted by Crippen LogP contribution is -2.36. The summed E-state index contributed by atoms with van der Waals surface area (Å²) in [4.78, 5) is 2.37. The summed E-state index contributed by atoms with van der Waals surface area (Å²) in [6.45, 7) is 7.72. The first-order valence-electron chi connectivity index (χ1n) is 7.92. The predicted octanol–water partition coefficient (Wildman–Crippen LogP) is 4.21. The van der Waals surface area contributed by atoms with Crippen molar-refractivity contribution in [3.8, 4) is 0 Å². The van der Waals surface area contributed by atoms with Gasteiger partial charge in [-0.15, -0.1) is 0 Å². The molecule has 0 amide bonds. The predicted molar refractivity (Wildman–Crippen MR) is 92.4 cm³/mol. The molecule has 2 aromatic carbocycles. The molecule has 114 valence electrons. The Morgan fingerprint density at radius 3 is 2.33 bits per heavy atom. The van der Waals surface area contributed by atoms with Gasteiger partial charge in [-0.2, -0.15) is 0 Å². The molecule has 0 bridgehead atoms. The third kappa shape index (κ3) is 4.29. The molecule has 2 rings (SSSR count). The third-order valence-electron chi connectivity index (χ3n) is 4.25. The lowest BCUT2D eigenvalue weighted by atomic mass is 10.0. The van der Waals surface area contributed by atoms with E-state index in [4.69, 9.17) is 5.73 Å². The standard InChI is InChI=1S/C19H28N2/c1-14(2)11-15(3)21(4)13-19(20)18-10-9-16-7-5-6-8-17(16)12-18/h5-10,12,14-15,19H,11,13,20H2,1-4H3. The van der Waals surface area contributed by atoms with Crippen LogP contribution in [0.4, 0.5) is 0 Å². The first-order chi connectivity index (χ1) is 9.97. The maximum Gasteiger partial charge on any atom is 0.0424 e. The minimum absolute atomic E-state index is 0.0641. The molecule has 0 heterocycles. The summed E-state index contributed by atoms with van der Waals surface area (Å²) in [6.07, 6.45) is 1.21. The van der Waals surface area contributed by atoms with Crippen LogP contribution in [-0.2, 0) is 0 Å². The second-order valence-corrected chi connectivity index (χ2v) is 6.63. The van der Waals surface area contributed by atoms with Crippen molar-refractivity contribution in [2.24, 2.45) is 11.7 Å². The van der Waals surface area contributed by atoms with E-state index < -0.39 is 0 Å². The Hall–Kier alpha value is -1.38. The minimum Gasteiger partial charge on any atom is -0.323 e. The molecule has 0 radical (unpaired) electrons. The SMILES string of the molecule is CC(C)CC(C)N(C)CC(N)c1ccc2ccccc2c1. The molecule has 0 aliphatic carbocycles. The van der Waals surface area contributed by atoms with E-state index in [1.54, 1.807) is 0 Å². The van der Waals surface area contributed by atoms with Crippen LogP contribution in [-0.4, -0.2) is 24.5 Å². The van der Waals surface area contributed by atoms with Gasteiger partial charge in [-0.3, -0.25) is 0 Å². The van der Waals surface area contributed by atoms with E-state index in [0.29, 0.717) is 6.04 Å². The molecule has 0 saturated carbocycles. The number of rotatable bonds is 6. The van der Waals surface area contributed by atoms with E-state index in [-0.39, 0.29) is 6.04 Å². The minimum atomic E-state index is 0.0641. The van der Waals surface area contributed by atoms with Gasteiger partial charge in [0.2, 0.25) is 0 Å². The van der Waals surface area contributed by atoms with Crippen LogP contribution in [0, 0.1) is 5.92 Å². The summed E-state index contributed by atoms with van der Waals surface area (Å²) >= 11 is 0. The van der Waals surface area contributed by atoms with Crippen molar-refractivity contribution in [1.29, 1.82) is 0 Å². The van der Waals surface area contributed by atoms with Crippen molar-refractivity contribution in [2.45, 2.75) is 39.3 Å². The maximum atomic E-state index is 6.41. The second kappa shape index (κ2) is 7.06. The number of hydrogen-bond acceptors (Lipinski definition) is 2. The van der Waals surface area contributed by atoms with Crippen LogP contribution in [0.25, 0.3) is 10.8 Å². The van der Waals surface area contributed by atoms with Crippen LogP contribution in [0.5, 0.6) is 0 Å². The highest BCUT2D eigenvalue weighted by Crippen LogP contribution is 2.20. The number of benzene rings is 2. The monoisotopic (exact) mass is 284 g/mol. The van der Waals surface area contributed by atoms with E-state index in [9.17, 15) is 0 Å². The second-order valence-electron chi connectivity index (χ2n) is 6.63. The van der Waals surface area contributed by atoms with Gasteiger partial charge >= 0.3 is 0 Å². The molecule has 2 aromatic rings. The fraction of sp³-hybridized carbons (Fsp3) is 0.474. The highest BCUT2D eigenvalue weighted by atomic mass is 15.1. The zero-order chi connectivity index (χ0) is 15.4. The van der Waals surface area contributed by atoms with Gasteiger partial charge in [-0.05, 0) is 48.7 Å². The van der Waals surface area contributed by atoms with Crippen molar-refractivity contribution in [1.82, 2.24) is 4.90 Å². The first kappa shape index (κ1) is 16.0. The van der Waals surface area contributed by atoms with Crippen LogP contribution < -0.4 is 5.73 Å². The van der Waals surface area contributed by atoms with Gasteiger partial charge in [0, 0.05) is 18.6 Å². The molecule has 2 atom stereocenters. The molecule has 2 unspecified atom stereocenters. The zero-order valence-corrected chi connectivity index (χ0v) is 13.7. The Balaban J connectivity index is 2.05. The Labute approximate surface area is 128 Å². The highest BCUT2D eigenvalue weighted by Gasteiger charge is 2.15. The Morgan fingerprint density at radius 2 is 1.67 bits per heavy atom. The zero-order valence-electron chi connectivity index (χ0n) is 13.7. The maximum absolute atomic E-state index is 6.41. The van der Waals surface area contributed by atoms with E-state index in [2.05, 4.69) is 75.2 Å². The van der Waals surface area contributed by atoms with Gasteiger partial charge < -0.3 is 10.6 Å². The van der Waals surface area contributed by atoms with Crippen LogP contribution in [0.3, 0.4) is 0 Å². The fourth-order valence-electron chi connectivity index (χ4n) is 2.90. The van der Waals surface area contributed by atoms with Crippen LogP contribution in [0.2, 0.25) is 0 Å². The van der Waals surface area contributed by atoms with Crippen LogP contribution >= 0.6 is 0 Å². The molecular formula is C19H28N2. The highest BCUT2D eigenvalue weighted by molar-refractivity contribution is 5.83. The summed E-state index contributed by atoms with van der Waals surface area (Å²) in [7, 11) is 2.17. The van der Waals surface area contributed by atoms with Crippen molar-refractivity contribution in [2.75, 3.05) is 13.6 Å². The Bertz CT molecular complexity index is 577. The van der Waals surface area contributed by atoms with Crippen molar-refractivity contribution >= 4 is 10.8 Å². The summed E-state index contributed by atoms with van der Waals surface area (Å²) in [5.74, 6) is 0.722. The van der Waals surface area contributed by atoms with E-state index in [0.717, 1.165) is 12.5 Å². The molecule has 0 aliphatic heterocycles. The smallest absolute Gasteiger partial charge is 0.0424 e. The third-order valence-corrected chi connectivity index (χ3v) is 4.25. The summed E-state index contributed by atoms with van der Waals surface area (Å²) < 4.78 is 0. The molecule has 0 saturated heterocycles. The quantitative estimate of drug-likeness (QED) is 0.861. The molecular weight excluding hydrogens is 256 g/mol. The van der Waals surface area contributed by atoms with E-state index >= 15 is 0 Å². The van der Waals surface area contributed by atoms with Gasteiger partial charge in [0.05, 0.1) is 0 Å². The average Bonchev–Trinajstić information content (AvgIpc) is 2.45. The van der Waals surface area contributed by atoms with E-state index in [1.165, 1.54) is 22.8 Å². The van der Waals surface area contributed by atoms with Crippen LogP contribution in [0.1, 0.15) is 38.8 Å². The average molecular weight is 284 g/mol. The van der Waals surface area contributed by atoms with Crippen LogP contribution in [0.15, 0.2) is 42.5 Å². The van der Waals surface area contributed by atoms with E-state index in [1.807, 2.05) is 0 Å². The summed E-state index contributed by atoms with van der Waals surface area (Å²) in [5.41, 5.74) is 7.63. The lowest BCUT2D eigenvalue weighted by Gasteiger charge is -2.29. The summed E-state index contributed by atoms with van der Waals surface area (Å²) in [5, 5.41) is 2.54. The Morgan fingerprint density at radius 1 is 1.00 bits per heavy atom. The van der Waals surface area contributed by atoms with Gasteiger partial charge in [-0.25, -0.2) is 0 Å². The summed E-state index contributed by atoms with van der Waals surface area (Å²) in [6, 6.07) is 15.6. The number of likely N-dealkylation sites (N-methyl/N-ethyl adjacent to an activating group) is 1. The lowest BCUT2D eigenvalue weighted by molar-refractivity contribution is 0.216.